The molecule has 11 atom stereocenters. The Morgan fingerprint density at radius 1 is 1.07 bits per heavy atom. The van der Waals surface area contributed by atoms with E-state index in [1.807, 2.05) is 0 Å². The van der Waals surface area contributed by atoms with Crippen LogP contribution < -0.4 is 5.32 Å². The topological polar surface area (TPSA) is 41.5 Å². The lowest BCUT2D eigenvalue weighted by Crippen LogP contribution is -2.57. The van der Waals surface area contributed by atoms with Gasteiger partial charge in [-0.25, -0.2) is 0 Å². The van der Waals surface area contributed by atoms with Crippen LogP contribution in [0.1, 0.15) is 85.5 Å². The second-order valence-electron chi connectivity index (χ2n) is 12.8. The number of fused-ring (bicyclic) bond motifs is 7. The number of nitrogens with one attached hydrogen (secondary N) is 1. The van der Waals surface area contributed by atoms with Gasteiger partial charge in [0.25, 0.3) is 0 Å². The molecule has 2 saturated heterocycles. The number of ether oxygens (including phenoxy) is 1. The summed E-state index contributed by atoms with van der Waals surface area (Å²) in [6, 6.07) is 0. The van der Waals surface area contributed by atoms with Crippen molar-refractivity contribution in [1.82, 2.24) is 5.32 Å². The quantitative estimate of drug-likeness (QED) is 0.530. The van der Waals surface area contributed by atoms with Gasteiger partial charge in [0.1, 0.15) is 5.72 Å². The van der Waals surface area contributed by atoms with Crippen LogP contribution in [-0.4, -0.2) is 29.6 Å². The average molecular weight is 414 g/mol. The summed E-state index contributed by atoms with van der Waals surface area (Å²) in [7, 11) is 0. The first kappa shape index (κ1) is 20.2. The summed E-state index contributed by atoms with van der Waals surface area (Å²) < 4.78 is 7.00. The lowest BCUT2D eigenvalue weighted by Gasteiger charge is -2.58. The molecule has 3 saturated carbocycles. The number of hydrogen-bond donors (Lipinski definition) is 2. The first-order chi connectivity index (χ1) is 14.3. The minimum Gasteiger partial charge on any atom is -0.393 e. The minimum atomic E-state index is -0.100. The molecule has 0 bridgehead atoms. The third-order valence-corrected chi connectivity index (χ3v) is 11.6. The highest BCUT2D eigenvalue weighted by atomic mass is 16.5. The van der Waals surface area contributed by atoms with E-state index in [9.17, 15) is 5.11 Å². The number of allylic oxidation sites excluding steroid dienone is 1. The molecule has 0 radical (unpaired) electrons. The molecular weight excluding hydrogens is 370 g/mol. The normalized spacial score (nSPS) is 59.8. The van der Waals surface area contributed by atoms with Gasteiger partial charge in [-0.2, -0.15) is 0 Å². The first-order valence-corrected chi connectivity index (χ1v) is 13.1. The Balaban J connectivity index is 1.28. The van der Waals surface area contributed by atoms with Crippen LogP contribution in [0.15, 0.2) is 11.6 Å². The Hall–Kier alpha value is -0.380. The monoisotopic (exact) mass is 413 g/mol. The van der Waals surface area contributed by atoms with Crippen molar-refractivity contribution in [2.24, 2.45) is 46.3 Å². The second-order valence-corrected chi connectivity index (χ2v) is 12.8. The van der Waals surface area contributed by atoms with Gasteiger partial charge in [0, 0.05) is 12.5 Å². The van der Waals surface area contributed by atoms with Gasteiger partial charge in [0.15, 0.2) is 0 Å². The Bertz CT molecular complexity index is 739. The van der Waals surface area contributed by atoms with Gasteiger partial charge in [-0.15, -0.1) is 0 Å². The summed E-state index contributed by atoms with van der Waals surface area (Å²) in [6.07, 6.45) is 13.8. The summed E-state index contributed by atoms with van der Waals surface area (Å²) in [5.41, 5.74) is 2.33. The molecule has 6 aliphatic rings. The van der Waals surface area contributed by atoms with E-state index in [4.69, 9.17) is 4.74 Å². The molecule has 0 unspecified atom stereocenters. The van der Waals surface area contributed by atoms with Crippen molar-refractivity contribution < 1.29 is 9.84 Å². The fraction of sp³-hybridized carbons (Fsp3) is 0.926. The van der Waals surface area contributed by atoms with Gasteiger partial charge in [-0.3, -0.25) is 5.32 Å². The van der Waals surface area contributed by atoms with Gasteiger partial charge >= 0.3 is 0 Å². The third kappa shape index (κ3) is 2.55. The maximum Gasteiger partial charge on any atom is 0.122 e. The third-order valence-electron chi connectivity index (χ3n) is 11.6. The number of rotatable bonds is 0. The van der Waals surface area contributed by atoms with Gasteiger partial charge in [-0.1, -0.05) is 39.3 Å². The van der Waals surface area contributed by atoms with Crippen LogP contribution in [0.5, 0.6) is 0 Å². The van der Waals surface area contributed by atoms with Crippen LogP contribution in [0, 0.1) is 46.3 Å². The predicted molar refractivity (Wildman–Crippen MR) is 120 cm³/mol. The van der Waals surface area contributed by atoms with Crippen LogP contribution in [0.3, 0.4) is 0 Å². The fourth-order valence-electron chi connectivity index (χ4n) is 9.84. The Kier molecular flexibility index (Phi) is 4.44. The van der Waals surface area contributed by atoms with E-state index >= 15 is 0 Å². The number of aliphatic hydroxyl groups is 1. The highest BCUT2D eigenvalue weighted by Crippen LogP contribution is 2.70. The van der Waals surface area contributed by atoms with Crippen molar-refractivity contribution in [3.8, 4) is 0 Å². The molecule has 6 rings (SSSR count). The molecule has 2 aliphatic heterocycles. The zero-order chi connectivity index (χ0) is 20.9. The summed E-state index contributed by atoms with van der Waals surface area (Å²) in [6.45, 7) is 11.2. The number of piperidine rings is 1. The van der Waals surface area contributed by atoms with Gasteiger partial charge in [0.2, 0.25) is 0 Å². The van der Waals surface area contributed by atoms with E-state index in [1.54, 1.807) is 5.57 Å². The van der Waals surface area contributed by atoms with Crippen molar-refractivity contribution >= 4 is 0 Å². The minimum absolute atomic E-state index is 0.0439. The maximum absolute atomic E-state index is 10.3. The molecular formula is C27H43NO2. The summed E-state index contributed by atoms with van der Waals surface area (Å²) >= 11 is 0. The van der Waals surface area contributed by atoms with Crippen molar-refractivity contribution in [3.63, 3.8) is 0 Å². The molecule has 0 aromatic heterocycles. The smallest absolute Gasteiger partial charge is 0.122 e. The van der Waals surface area contributed by atoms with Crippen LogP contribution in [0.4, 0.5) is 0 Å². The van der Waals surface area contributed by atoms with Crippen molar-refractivity contribution in [2.45, 2.75) is 103 Å². The van der Waals surface area contributed by atoms with E-state index in [1.165, 1.54) is 44.9 Å². The fourth-order valence-corrected chi connectivity index (χ4v) is 9.84. The lowest BCUT2D eigenvalue weighted by molar-refractivity contribution is -0.115. The van der Waals surface area contributed by atoms with E-state index in [2.05, 4.69) is 39.1 Å². The molecule has 3 heteroatoms. The van der Waals surface area contributed by atoms with Gasteiger partial charge in [0.05, 0.1) is 12.2 Å². The molecule has 0 amide bonds. The Morgan fingerprint density at radius 2 is 1.90 bits per heavy atom. The van der Waals surface area contributed by atoms with E-state index in [-0.39, 0.29) is 11.8 Å². The zero-order valence-electron chi connectivity index (χ0n) is 19.6. The van der Waals surface area contributed by atoms with Gasteiger partial charge < -0.3 is 9.84 Å². The SMILES string of the molecule is C[C@@H]1CC[C@]2(NC1)O[C@H]1C[C@H]3[C@@H]4CC=C5C[C@@H](O)CC[C@]5(C)[C@H]4CC[C@]3(C)[C@H]1[C@@H]2C. The molecule has 2 N–H and O–H groups in total. The molecule has 168 valence electrons. The molecule has 2 heterocycles. The van der Waals surface area contributed by atoms with Gasteiger partial charge in [-0.05, 0) is 98.2 Å². The highest BCUT2D eigenvalue weighted by molar-refractivity contribution is 5.26. The molecule has 0 aromatic rings. The van der Waals surface area contributed by atoms with Crippen LogP contribution in [-0.2, 0) is 4.74 Å². The number of hydrogen-bond acceptors (Lipinski definition) is 3. The average Bonchev–Trinajstić information content (AvgIpc) is 3.16. The number of aliphatic hydroxyl groups excluding tert-OH is 1. The highest BCUT2D eigenvalue weighted by Gasteiger charge is 2.68. The molecule has 3 nitrogen and oxygen atoms in total. The predicted octanol–water partition coefficient (Wildman–Crippen LogP) is 5.29. The Labute approximate surface area is 183 Å². The zero-order valence-corrected chi connectivity index (χ0v) is 19.6. The maximum atomic E-state index is 10.3. The second kappa shape index (κ2) is 6.58. The van der Waals surface area contributed by atoms with Crippen molar-refractivity contribution in [1.29, 1.82) is 0 Å². The van der Waals surface area contributed by atoms with E-state index in [0.29, 0.717) is 22.9 Å². The van der Waals surface area contributed by atoms with Crippen molar-refractivity contribution in [2.75, 3.05) is 6.54 Å². The van der Waals surface area contributed by atoms with Crippen LogP contribution >= 0.6 is 0 Å². The molecule has 1 spiro atoms. The summed E-state index contributed by atoms with van der Waals surface area (Å²) in [5, 5.41) is 14.1. The molecule has 0 aromatic carbocycles. The molecule has 5 fully saturated rings. The van der Waals surface area contributed by atoms with Crippen LogP contribution in [0.25, 0.3) is 0 Å². The first-order valence-electron chi connectivity index (χ1n) is 13.1. The molecule has 4 aliphatic carbocycles. The largest absolute Gasteiger partial charge is 0.393 e. The van der Waals surface area contributed by atoms with Crippen LogP contribution in [0.2, 0.25) is 0 Å². The van der Waals surface area contributed by atoms with Crippen molar-refractivity contribution in [3.05, 3.63) is 11.6 Å². The standard InChI is InChI=1S/C27H43NO2/c1-16-7-12-27(28-15-16)17(2)24-23(30-27)14-22-20-6-5-18-13-19(29)8-10-25(18,3)21(20)9-11-26(22,24)4/h5,16-17,19-24,28-29H,6-15H2,1-4H3/t16-,17+,19+,20-,21+,22+,23+,24+,25+,26+,27+/m1/s1. The summed E-state index contributed by atoms with van der Waals surface area (Å²) in [4.78, 5) is 0. The molecule has 30 heavy (non-hydrogen) atoms. The lowest BCUT2D eigenvalue weighted by atomic mass is 9.47. The van der Waals surface area contributed by atoms with E-state index in [0.717, 1.165) is 49.0 Å². The Morgan fingerprint density at radius 3 is 2.67 bits per heavy atom. The van der Waals surface area contributed by atoms with E-state index < -0.39 is 0 Å². The summed E-state index contributed by atoms with van der Waals surface area (Å²) in [5.74, 6) is 4.58.